The Hall–Kier alpha value is -2.60. The number of nitrogens with zero attached hydrogens (tertiary/aromatic N) is 2. The third-order valence-electron chi connectivity index (χ3n) is 4.50. The molecular weight excluding hydrogens is 320 g/mol. The molecule has 2 aromatic rings. The number of benzene rings is 1. The van der Waals surface area contributed by atoms with Gasteiger partial charge in [-0.3, -0.25) is 9.59 Å². The summed E-state index contributed by atoms with van der Waals surface area (Å²) in [7, 11) is 0. The Morgan fingerprint density at radius 2 is 1.96 bits per heavy atom. The van der Waals surface area contributed by atoms with Crippen LogP contribution in [0.2, 0.25) is 0 Å². The maximum atomic E-state index is 13.0. The number of hydrogen-bond acceptors (Lipinski definition) is 3. The topological polar surface area (TPSA) is 71.8 Å². The molecule has 3 rings (SSSR count). The van der Waals surface area contributed by atoms with E-state index in [4.69, 9.17) is 9.84 Å². The third kappa shape index (κ3) is 3.58. The number of aromatic nitrogens is 1. The fourth-order valence-electron chi connectivity index (χ4n) is 3.35. The quantitative estimate of drug-likeness (QED) is 0.926. The minimum atomic E-state index is -0.915. The van der Waals surface area contributed by atoms with Crippen LogP contribution in [0.1, 0.15) is 28.2 Å². The molecule has 0 aliphatic carbocycles. The van der Waals surface area contributed by atoms with Crippen molar-refractivity contribution in [2.75, 3.05) is 19.7 Å². The summed E-state index contributed by atoms with van der Waals surface area (Å²) in [6.07, 6.45) is -0.542. The second-order valence-corrected chi connectivity index (χ2v) is 6.30. The van der Waals surface area contributed by atoms with Crippen molar-refractivity contribution >= 4 is 11.9 Å². The molecule has 0 spiro atoms. The summed E-state index contributed by atoms with van der Waals surface area (Å²) >= 11 is 0. The lowest BCUT2D eigenvalue weighted by molar-refractivity contribution is -0.141. The van der Waals surface area contributed by atoms with Crippen LogP contribution in [-0.2, 0) is 9.53 Å². The number of para-hydroxylation sites is 1. The first-order valence-electron chi connectivity index (χ1n) is 8.34. The Morgan fingerprint density at radius 1 is 1.24 bits per heavy atom. The number of carbonyl (C=O) groups is 2. The number of aliphatic carboxylic acids is 1. The highest BCUT2D eigenvalue weighted by Crippen LogP contribution is 2.23. The van der Waals surface area contributed by atoms with Crippen LogP contribution in [0.5, 0.6) is 0 Å². The fraction of sp³-hybridized carbons (Fsp3) is 0.368. The Kier molecular flexibility index (Phi) is 4.90. The lowest BCUT2D eigenvalue weighted by Crippen LogP contribution is -2.46. The number of carbonyl (C=O) groups excluding carboxylic acids is 1. The van der Waals surface area contributed by atoms with Crippen molar-refractivity contribution in [2.45, 2.75) is 26.4 Å². The van der Waals surface area contributed by atoms with E-state index in [1.807, 2.05) is 50.2 Å². The minimum Gasteiger partial charge on any atom is -0.481 e. The number of carboxylic acid groups (broad SMARTS) is 1. The first-order chi connectivity index (χ1) is 12.0. The molecule has 1 aromatic heterocycles. The zero-order valence-electron chi connectivity index (χ0n) is 14.4. The predicted octanol–water partition coefficient (Wildman–Crippen LogP) is 2.41. The Bertz CT molecular complexity index is 782. The molecule has 1 N–H and O–H groups in total. The van der Waals surface area contributed by atoms with Gasteiger partial charge in [0.25, 0.3) is 5.91 Å². The summed E-state index contributed by atoms with van der Waals surface area (Å²) < 4.78 is 7.51. The zero-order valence-corrected chi connectivity index (χ0v) is 14.4. The molecule has 2 heterocycles. The largest absolute Gasteiger partial charge is 0.481 e. The molecule has 25 heavy (non-hydrogen) atoms. The van der Waals surface area contributed by atoms with E-state index in [0.29, 0.717) is 25.3 Å². The van der Waals surface area contributed by atoms with Crippen molar-refractivity contribution in [3.63, 3.8) is 0 Å². The second kappa shape index (κ2) is 7.11. The fourth-order valence-corrected chi connectivity index (χ4v) is 3.35. The molecule has 0 radical (unpaired) electrons. The maximum absolute atomic E-state index is 13.0. The summed E-state index contributed by atoms with van der Waals surface area (Å²) in [5, 5.41) is 8.93. The van der Waals surface area contributed by atoms with Crippen molar-refractivity contribution in [3.8, 4) is 5.69 Å². The minimum absolute atomic E-state index is 0.0750. The van der Waals surface area contributed by atoms with Crippen LogP contribution in [-0.4, -0.2) is 52.3 Å². The van der Waals surface area contributed by atoms with Gasteiger partial charge in [-0.15, -0.1) is 0 Å². The molecular formula is C19H22N2O4. The van der Waals surface area contributed by atoms with Crippen molar-refractivity contribution in [2.24, 2.45) is 0 Å². The number of morpholine rings is 1. The normalized spacial score (nSPS) is 17.5. The molecule has 0 bridgehead atoms. The molecule has 1 fully saturated rings. The van der Waals surface area contributed by atoms with Gasteiger partial charge in [0.05, 0.1) is 24.7 Å². The van der Waals surface area contributed by atoms with Gasteiger partial charge in [-0.25, -0.2) is 0 Å². The number of carboxylic acids is 1. The van der Waals surface area contributed by atoms with Crippen LogP contribution in [0.4, 0.5) is 0 Å². The summed E-state index contributed by atoms with van der Waals surface area (Å²) in [5.74, 6) is -0.990. The van der Waals surface area contributed by atoms with Gasteiger partial charge in [-0.2, -0.15) is 0 Å². The Morgan fingerprint density at radius 3 is 2.64 bits per heavy atom. The van der Waals surface area contributed by atoms with E-state index in [9.17, 15) is 9.59 Å². The predicted molar refractivity (Wildman–Crippen MR) is 93.1 cm³/mol. The molecule has 1 atom stereocenters. The SMILES string of the molecule is Cc1cc(C(=O)N2CCO[C@@H](CC(=O)O)C2)c(C)n1-c1ccccc1. The molecule has 1 aliphatic heterocycles. The van der Waals surface area contributed by atoms with Gasteiger partial charge >= 0.3 is 5.97 Å². The lowest BCUT2D eigenvalue weighted by Gasteiger charge is -2.32. The Balaban J connectivity index is 1.84. The summed E-state index contributed by atoms with van der Waals surface area (Å²) in [6.45, 7) is 5.05. The van der Waals surface area contributed by atoms with Crippen molar-refractivity contribution in [1.82, 2.24) is 9.47 Å². The van der Waals surface area contributed by atoms with E-state index in [1.165, 1.54) is 0 Å². The molecule has 1 aliphatic rings. The number of amides is 1. The van der Waals surface area contributed by atoms with Gasteiger partial charge in [0.15, 0.2) is 0 Å². The zero-order chi connectivity index (χ0) is 18.0. The highest BCUT2D eigenvalue weighted by Gasteiger charge is 2.28. The number of rotatable bonds is 4. The van der Waals surface area contributed by atoms with Gasteiger partial charge in [-0.1, -0.05) is 18.2 Å². The molecule has 6 nitrogen and oxygen atoms in total. The molecule has 132 valence electrons. The second-order valence-electron chi connectivity index (χ2n) is 6.30. The van der Waals surface area contributed by atoms with Crippen LogP contribution in [0, 0.1) is 13.8 Å². The average Bonchev–Trinajstić information content (AvgIpc) is 2.89. The van der Waals surface area contributed by atoms with Crippen LogP contribution in [0.25, 0.3) is 5.69 Å². The first-order valence-corrected chi connectivity index (χ1v) is 8.34. The highest BCUT2D eigenvalue weighted by atomic mass is 16.5. The van der Waals surface area contributed by atoms with Gasteiger partial charge < -0.3 is 19.3 Å². The van der Waals surface area contributed by atoms with Gasteiger partial charge in [0.2, 0.25) is 0 Å². The van der Waals surface area contributed by atoms with Crippen molar-refractivity contribution in [1.29, 1.82) is 0 Å². The lowest BCUT2D eigenvalue weighted by atomic mass is 10.1. The van der Waals surface area contributed by atoms with E-state index < -0.39 is 12.1 Å². The smallest absolute Gasteiger partial charge is 0.306 e. The molecule has 1 saturated heterocycles. The number of hydrogen-bond donors (Lipinski definition) is 1. The molecule has 0 saturated carbocycles. The Labute approximate surface area is 146 Å². The van der Waals surface area contributed by atoms with Crippen LogP contribution < -0.4 is 0 Å². The summed E-state index contributed by atoms with van der Waals surface area (Å²) in [5.41, 5.74) is 3.54. The standard InChI is InChI=1S/C19H22N2O4/c1-13-10-17(14(2)21(13)15-6-4-3-5-7-15)19(24)20-8-9-25-16(12-20)11-18(22)23/h3-7,10,16H,8-9,11-12H2,1-2H3,(H,22,23)/t16-/m0/s1. The molecule has 1 amide bonds. The van der Waals surface area contributed by atoms with Crippen molar-refractivity contribution in [3.05, 3.63) is 53.3 Å². The summed E-state index contributed by atoms with van der Waals surface area (Å²) in [6, 6.07) is 11.8. The maximum Gasteiger partial charge on any atom is 0.306 e. The average molecular weight is 342 g/mol. The van der Waals surface area contributed by atoms with E-state index >= 15 is 0 Å². The van der Waals surface area contributed by atoms with E-state index in [0.717, 1.165) is 17.1 Å². The van der Waals surface area contributed by atoms with Crippen LogP contribution >= 0.6 is 0 Å². The van der Waals surface area contributed by atoms with Crippen LogP contribution in [0.3, 0.4) is 0 Å². The first kappa shape index (κ1) is 17.2. The van der Waals surface area contributed by atoms with E-state index in [2.05, 4.69) is 4.57 Å². The molecule has 0 unspecified atom stereocenters. The van der Waals surface area contributed by atoms with E-state index in [1.54, 1.807) is 4.90 Å². The molecule has 6 heteroatoms. The van der Waals surface area contributed by atoms with E-state index in [-0.39, 0.29) is 12.3 Å². The third-order valence-corrected chi connectivity index (χ3v) is 4.50. The van der Waals surface area contributed by atoms with Crippen molar-refractivity contribution < 1.29 is 19.4 Å². The monoisotopic (exact) mass is 342 g/mol. The highest BCUT2D eigenvalue weighted by molar-refractivity contribution is 5.96. The van der Waals surface area contributed by atoms with Crippen LogP contribution in [0.15, 0.2) is 36.4 Å². The number of ether oxygens (including phenoxy) is 1. The number of aryl methyl sites for hydroxylation is 1. The summed E-state index contributed by atoms with van der Waals surface area (Å²) in [4.78, 5) is 25.5. The van der Waals surface area contributed by atoms with Gasteiger partial charge in [-0.05, 0) is 32.0 Å². The van der Waals surface area contributed by atoms with Gasteiger partial charge in [0.1, 0.15) is 0 Å². The van der Waals surface area contributed by atoms with Gasteiger partial charge in [0, 0.05) is 30.2 Å². The molecule has 1 aromatic carbocycles.